The molecule has 0 saturated carbocycles. The summed E-state index contributed by atoms with van der Waals surface area (Å²) in [7, 11) is 0. The quantitative estimate of drug-likeness (QED) is 0.398. The SMILES string of the molecule is CCCCC=CCC(=O)NNC(=O)OCCCC. The van der Waals surface area contributed by atoms with Gasteiger partial charge in [-0.1, -0.05) is 45.3 Å². The second-order valence-corrected chi connectivity index (χ2v) is 3.98. The molecule has 0 atom stereocenters. The Hall–Kier alpha value is -1.52. The summed E-state index contributed by atoms with van der Waals surface area (Å²) in [5.41, 5.74) is 4.48. The Labute approximate surface area is 109 Å². The number of rotatable bonds is 8. The van der Waals surface area contributed by atoms with Crippen molar-refractivity contribution in [2.24, 2.45) is 0 Å². The number of allylic oxidation sites excluding steroid dienone is 1. The first-order valence-corrected chi connectivity index (χ1v) is 6.57. The Kier molecular flexibility index (Phi) is 10.9. The van der Waals surface area contributed by atoms with Crippen molar-refractivity contribution >= 4 is 12.0 Å². The third kappa shape index (κ3) is 11.0. The van der Waals surface area contributed by atoms with Crippen LogP contribution < -0.4 is 10.9 Å². The van der Waals surface area contributed by atoms with Crippen molar-refractivity contribution in [1.82, 2.24) is 10.9 Å². The molecule has 0 aliphatic heterocycles. The van der Waals surface area contributed by atoms with Crippen LogP contribution in [0, 0.1) is 0 Å². The molecule has 0 spiro atoms. The minimum Gasteiger partial charge on any atom is -0.448 e. The predicted octanol–water partition coefficient (Wildman–Crippen LogP) is 2.68. The molecule has 0 aromatic heterocycles. The molecule has 2 N–H and O–H groups in total. The van der Waals surface area contributed by atoms with Gasteiger partial charge in [-0.15, -0.1) is 0 Å². The van der Waals surface area contributed by atoms with Gasteiger partial charge in [0.25, 0.3) is 0 Å². The summed E-state index contributed by atoms with van der Waals surface area (Å²) in [5.74, 6) is -0.254. The second-order valence-electron chi connectivity index (χ2n) is 3.98. The standard InChI is InChI=1S/C13H24N2O3/c1-3-5-7-8-9-10-12(16)14-15-13(17)18-11-6-4-2/h8-9H,3-7,10-11H2,1-2H3,(H,14,16)(H,15,17). The van der Waals surface area contributed by atoms with Crippen LogP contribution in [0.25, 0.3) is 0 Å². The van der Waals surface area contributed by atoms with Crippen LogP contribution in [-0.2, 0) is 9.53 Å². The number of hydrogen-bond donors (Lipinski definition) is 2. The number of hydrazine groups is 1. The Bertz CT molecular complexity index is 265. The molecule has 5 nitrogen and oxygen atoms in total. The fourth-order valence-electron chi connectivity index (χ4n) is 1.15. The summed E-state index contributed by atoms with van der Waals surface area (Å²) in [5, 5.41) is 0. The van der Waals surface area contributed by atoms with Gasteiger partial charge in [-0.2, -0.15) is 0 Å². The summed E-state index contributed by atoms with van der Waals surface area (Å²) in [4.78, 5) is 22.3. The molecule has 0 radical (unpaired) electrons. The van der Waals surface area contributed by atoms with Crippen LogP contribution >= 0.6 is 0 Å². The molecule has 0 aliphatic rings. The lowest BCUT2D eigenvalue weighted by atomic mass is 10.2. The van der Waals surface area contributed by atoms with Crippen LogP contribution in [0.4, 0.5) is 4.79 Å². The number of amides is 2. The van der Waals surface area contributed by atoms with Crippen molar-refractivity contribution in [3.63, 3.8) is 0 Å². The minimum atomic E-state index is -0.619. The molecule has 0 bridgehead atoms. The van der Waals surface area contributed by atoms with E-state index in [9.17, 15) is 9.59 Å². The van der Waals surface area contributed by atoms with Crippen LogP contribution in [0.1, 0.15) is 52.4 Å². The Morgan fingerprint density at radius 2 is 1.78 bits per heavy atom. The molecule has 18 heavy (non-hydrogen) atoms. The van der Waals surface area contributed by atoms with Crippen molar-refractivity contribution in [1.29, 1.82) is 0 Å². The molecular formula is C13H24N2O3. The molecule has 2 amide bonds. The molecule has 0 rings (SSSR count). The summed E-state index contributed by atoms with van der Waals surface area (Å²) < 4.78 is 4.81. The highest BCUT2D eigenvalue weighted by atomic mass is 16.6. The number of ether oxygens (including phenoxy) is 1. The van der Waals surface area contributed by atoms with Crippen LogP contribution in [0.2, 0.25) is 0 Å². The van der Waals surface area contributed by atoms with E-state index >= 15 is 0 Å². The number of unbranched alkanes of at least 4 members (excludes halogenated alkanes) is 3. The average molecular weight is 256 g/mol. The van der Waals surface area contributed by atoms with Crippen molar-refractivity contribution < 1.29 is 14.3 Å². The molecule has 0 aromatic rings. The molecule has 0 fully saturated rings. The van der Waals surface area contributed by atoms with Crippen LogP contribution in [0.5, 0.6) is 0 Å². The summed E-state index contributed by atoms with van der Waals surface area (Å²) in [6.07, 6.45) is 8.45. The fraction of sp³-hybridized carbons (Fsp3) is 0.692. The molecule has 0 heterocycles. The van der Waals surface area contributed by atoms with E-state index in [1.165, 1.54) is 0 Å². The summed E-state index contributed by atoms with van der Waals surface area (Å²) in [6, 6.07) is 0. The van der Waals surface area contributed by atoms with Crippen LogP contribution in [0.15, 0.2) is 12.2 Å². The maximum atomic E-state index is 11.3. The maximum Gasteiger partial charge on any atom is 0.426 e. The molecule has 0 saturated heterocycles. The third-order valence-corrected chi connectivity index (χ3v) is 2.23. The van der Waals surface area contributed by atoms with E-state index < -0.39 is 6.09 Å². The molecule has 104 valence electrons. The van der Waals surface area contributed by atoms with Gasteiger partial charge in [0.1, 0.15) is 0 Å². The van der Waals surface area contributed by atoms with E-state index in [2.05, 4.69) is 17.8 Å². The Balaban J connectivity index is 3.51. The van der Waals surface area contributed by atoms with Gasteiger partial charge in [0.2, 0.25) is 5.91 Å². The van der Waals surface area contributed by atoms with Gasteiger partial charge < -0.3 is 4.74 Å². The van der Waals surface area contributed by atoms with E-state index in [1.54, 1.807) is 6.08 Å². The monoisotopic (exact) mass is 256 g/mol. The molecule has 5 heteroatoms. The zero-order valence-electron chi connectivity index (χ0n) is 11.3. The largest absolute Gasteiger partial charge is 0.448 e. The fourth-order valence-corrected chi connectivity index (χ4v) is 1.15. The van der Waals surface area contributed by atoms with E-state index in [0.717, 1.165) is 32.1 Å². The lowest BCUT2D eigenvalue weighted by Crippen LogP contribution is -2.41. The molecular weight excluding hydrogens is 232 g/mol. The van der Waals surface area contributed by atoms with E-state index in [0.29, 0.717) is 6.61 Å². The van der Waals surface area contributed by atoms with Gasteiger partial charge in [0, 0.05) is 6.42 Å². The number of carbonyl (C=O) groups is 2. The van der Waals surface area contributed by atoms with Gasteiger partial charge in [0.05, 0.1) is 6.61 Å². The number of hydrogen-bond acceptors (Lipinski definition) is 3. The maximum absolute atomic E-state index is 11.3. The molecule has 0 aromatic carbocycles. The van der Waals surface area contributed by atoms with Crippen molar-refractivity contribution in [3.05, 3.63) is 12.2 Å². The predicted molar refractivity (Wildman–Crippen MR) is 70.8 cm³/mol. The van der Waals surface area contributed by atoms with Gasteiger partial charge in [0.15, 0.2) is 0 Å². The number of carbonyl (C=O) groups excluding carboxylic acids is 2. The van der Waals surface area contributed by atoms with Gasteiger partial charge in [-0.25, -0.2) is 10.2 Å². The topological polar surface area (TPSA) is 67.4 Å². The highest BCUT2D eigenvalue weighted by molar-refractivity contribution is 5.80. The lowest BCUT2D eigenvalue weighted by molar-refractivity contribution is -0.121. The van der Waals surface area contributed by atoms with E-state index in [4.69, 9.17) is 4.74 Å². The van der Waals surface area contributed by atoms with Crippen molar-refractivity contribution in [2.45, 2.75) is 52.4 Å². The summed E-state index contributed by atoms with van der Waals surface area (Å²) in [6.45, 7) is 4.50. The van der Waals surface area contributed by atoms with Crippen molar-refractivity contribution in [3.8, 4) is 0 Å². The number of nitrogens with one attached hydrogen (secondary N) is 2. The lowest BCUT2D eigenvalue weighted by Gasteiger charge is -2.06. The first-order valence-electron chi connectivity index (χ1n) is 6.57. The van der Waals surface area contributed by atoms with Crippen LogP contribution in [-0.4, -0.2) is 18.6 Å². The third-order valence-electron chi connectivity index (χ3n) is 2.23. The smallest absolute Gasteiger partial charge is 0.426 e. The van der Waals surface area contributed by atoms with E-state index in [-0.39, 0.29) is 12.3 Å². The van der Waals surface area contributed by atoms with Gasteiger partial charge in [-0.3, -0.25) is 10.2 Å². The Morgan fingerprint density at radius 3 is 2.44 bits per heavy atom. The second kappa shape index (κ2) is 12.0. The normalized spacial score (nSPS) is 10.3. The first-order chi connectivity index (χ1) is 8.70. The zero-order chi connectivity index (χ0) is 13.6. The highest BCUT2D eigenvalue weighted by Gasteiger charge is 2.02. The minimum absolute atomic E-state index is 0.254. The highest BCUT2D eigenvalue weighted by Crippen LogP contribution is 1.95. The average Bonchev–Trinajstić information content (AvgIpc) is 2.36. The molecule has 0 unspecified atom stereocenters. The molecule has 0 aliphatic carbocycles. The summed E-state index contributed by atoms with van der Waals surface area (Å²) >= 11 is 0. The van der Waals surface area contributed by atoms with Crippen LogP contribution in [0.3, 0.4) is 0 Å². The van der Waals surface area contributed by atoms with Gasteiger partial charge in [-0.05, 0) is 12.8 Å². The van der Waals surface area contributed by atoms with Crippen molar-refractivity contribution in [2.75, 3.05) is 6.61 Å². The van der Waals surface area contributed by atoms with E-state index in [1.807, 2.05) is 13.0 Å². The Morgan fingerprint density at radius 1 is 1.06 bits per heavy atom. The first kappa shape index (κ1) is 16.5. The van der Waals surface area contributed by atoms with Gasteiger partial charge >= 0.3 is 6.09 Å². The zero-order valence-corrected chi connectivity index (χ0v) is 11.3.